The van der Waals surface area contributed by atoms with Gasteiger partial charge < -0.3 is 19.5 Å². The summed E-state index contributed by atoms with van der Waals surface area (Å²) in [6.45, 7) is 6.13. The normalized spacial score (nSPS) is 20.6. The van der Waals surface area contributed by atoms with E-state index in [-0.39, 0.29) is 18.8 Å². The number of hydrogen-bond donors (Lipinski definition) is 1. The highest BCUT2D eigenvalue weighted by Crippen LogP contribution is 2.17. The van der Waals surface area contributed by atoms with E-state index in [1.807, 2.05) is 20.8 Å². The largest absolute Gasteiger partial charge is 0.480 e. The monoisotopic (exact) mass is 259 g/mol. The number of amides is 1. The van der Waals surface area contributed by atoms with Crippen LogP contribution in [0.4, 0.5) is 4.79 Å². The Hall–Kier alpha value is -1.30. The van der Waals surface area contributed by atoms with Crippen LogP contribution in [0.2, 0.25) is 0 Å². The molecule has 0 aromatic carbocycles. The molecule has 6 nitrogen and oxygen atoms in total. The Bertz CT molecular complexity index is 310. The van der Waals surface area contributed by atoms with Gasteiger partial charge >= 0.3 is 12.1 Å². The molecule has 18 heavy (non-hydrogen) atoms. The van der Waals surface area contributed by atoms with Crippen molar-refractivity contribution < 1.29 is 24.2 Å². The second-order valence-corrected chi connectivity index (χ2v) is 5.40. The minimum atomic E-state index is -0.996. The topological polar surface area (TPSA) is 76.1 Å². The molecule has 0 spiro atoms. The van der Waals surface area contributed by atoms with Crippen molar-refractivity contribution in [2.45, 2.75) is 45.3 Å². The number of rotatable bonds is 3. The summed E-state index contributed by atoms with van der Waals surface area (Å²) >= 11 is 0. The number of ether oxygens (including phenoxy) is 2. The maximum Gasteiger partial charge on any atom is 0.410 e. The Morgan fingerprint density at radius 2 is 2.06 bits per heavy atom. The van der Waals surface area contributed by atoms with Gasteiger partial charge in [0, 0.05) is 6.54 Å². The first-order chi connectivity index (χ1) is 8.28. The van der Waals surface area contributed by atoms with Crippen molar-refractivity contribution in [1.29, 1.82) is 0 Å². The third-order valence-corrected chi connectivity index (χ3v) is 2.47. The molecule has 1 N–H and O–H groups in total. The summed E-state index contributed by atoms with van der Waals surface area (Å²) in [6.07, 6.45) is 0.976. The molecule has 104 valence electrons. The number of nitrogens with zero attached hydrogens (tertiary/aromatic N) is 1. The predicted octanol–water partition coefficient (Wildman–Crippen LogP) is 1.49. The van der Waals surface area contributed by atoms with Crippen LogP contribution in [0.15, 0.2) is 0 Å². The van der Waals surface area contributed by atoms with Gasteiger partial charge in [0.1, 0.15) is 12.2 Å². The van der Waals surface area contributed by atoms with Crippen molar-refractivity contribution in [2.24, 2.45) is 0 Å². The minimum absolute atomic E-state index is 0.220. The van der Waals surface area contributed by atoms with E-state index in [0.29, 0.717) is 13.1 Å². The summed E-state index contributed by atoms with van der Waals surface area (Å²) in [5.41, 5.74) is -0.522. The van der Waals surface area contributed by atoms with Crippen LogP contribution < -0.4 is 0 Å². The highest BCUT2D eigenvalue weighted by atomic mass is 16.6. The van der Waals surface area contributed by atoms with Crippen molar-refractivity contribution in [1.82, 2.24) is 4.90 Å². The molecule has 6 heteroatoms. The molecular formula is C12H21NO5. The van der Waals surface area contributed by atoms with E-state index in [1.54, 1.807) is 4.90 Å². The lowest BCUT2D eigenvalue weighted by atomic mass is 10.1. The van der Waals surface area contributed by atoms with Crippen molar-refractivity contribution in [3.05, 3.63) is 0 Å². The van der Waals surface area contributed by atoms with E-state index < -0.39 is 11.6 Å². The highest BCUT2D eigenvalue weighted by molar-refractivity contribution is 5.68. The number of aliphatic carboxylic acids is 1. The fourth-order valence-electron chi connectivity index (χ4n) is 1.76. The lowest BCUT2D eigenvalue weighted by Crippen LogP contribution is -2.45. The average molecular weight is 259 g/mol. The lowest BCUT2D eigenvalue weighted by Gasteiger charge is -2.33. The van der Waals surface area contributed by atoms with Crippen LogP contribution in [0.25, 0.3) is 0 Å². The smallest absolute Gasteiger partial charge is 0.410 e. The molecule has 0 aliphatic carbocycles. The summed E-state index contributed by atoms with van der Waals surface area (Å²) in [4.78, 5) is 23.8. The van der Waals surface area contributed by atoms with Crippen LogP contribution in [0.5, 0.6) is 0 Å². The Labute approximate surface area is 107 Å². The van der Waals surface area contributed by atoms with Gasteiger partial charge in [0.05, 0.1) is 12.6 Å². The van der Waals surface area contributed by atoms with Gasteiger partial charge in [-0.25, -0.2) is 9.59 Å². The average Bonchev–Trinajstić information content (AvgIpc) is 2.24. The number of likely N-dealkylation sites (tertiary alicyclic amines) is 1. The van der Waals surface area contributed by atoms with Crippen LogP contribution in [-0.2, 0) is 14.3 Å². The van der Waals surface area contributed by atoms with E-state index in [0.717, 1.165) is 12.8 Å². The van der Waals surface area contributed by atoms with E-state index in [4.69, 9.17) is 14.6 Å². The van der Waals surface area contributed by atoms with Crippen LogP contribution >= 0.6 is 0 Å². The molecule has 1 amide bonds. The molecule has 1 saturated heterocycles. The number of carboxylic acid groups (broad SMARTS) is 1. The SMILES string of the molecule is CC(C)(C)OC(=O)N1CCCC(OCC(=O)O)C1. The van der Waals surface area contributed by atoms with Gasteiger partial charge in [-0.05, 0) is 33.6 Å². The zero-order valence-corrected chi connectivity index (χ0v) is 11.1. The van der Waals surface area contributed by atoms with Crippen molar-refractivity contribution in [3.63, 3.8) is 0 Å². The minimum Gasteiger partial charge on any atom is -0.480 e. The maximum atomic E-state index is 11.8. The van der Waals surface area contributed by atoms with Crippen molar-refractivity contribution in [3.8, 4) is 0 Å². The van der Waals surface area contributed by atoms with Gasteiger partial charge in [0.25, 0.3) is 0 Å². The Morgan fingerprint density at radius 3 is 2.61 bits per heavy atom. The second-order valence-electron chi connectivity index (χ2n) is 5.40. The van der Waals surface area contributed by atoms with Gasteiger partial charge in [-0.15, -0.1) is 0 Å². The molecule has 0 saturated carbocycles. The number of hydrogen-bond acceptors (Lipinski definition) is 4. The molecule has 1 atom stereocenters. The van der Waals surface area contributed by atoms with Gasteiger partial charge in [-0.3, -0.25) is 0 Å². The molecule has 1 unspecified atom stereocenters. The quantitative estimate of drug-likeness (QED) is 0.831. The summed E-state index contributed by atoms with van der Waals surface area (Å²) in [6, 6.07) is 0. The Kier molecular flexibility index (Phi) is 4.95. The molecule has 1 aliphatic rings. The number of piperidine rings is 1. The van der Waals surface area contributed by atoms with Gasteiger partial charge in [-0.2, -0.15) is 0 Å². The Balaban J connectivity index is 2.43. The van der Waals surface area contributed by atoms with Gasteiger partial charge in [0.15, 0.2) is 0 Å². The zero-order valence-electron chi connectivity index (χ0n) is 11.1. The molecule has 1 fully saturated rings. The Morgan fingerprint density at radius 1 is 1.39 bits per heavy atom. The first kappa shape index (κ1) is 14.8. The first-order valence-electron chi connectivity index (χ1n) is 6.09. The molecule has 1 rings (SSSR count). The van der Waals surface area contributed by atoms with Crippen LogP contribution in [0.1, 0.15) is 33.6 Å². The highest BCUT2D eigenvalue weighted by Gasteiger charge is 2.28. The summed E-state index contributed by atoms with van der Waals surface area (Å²) in [5.74, 6) is -0.996. The molecule has 0 bridgehead atoms. The number of carbonyl (C=O) groups is 2. The van der Waals surface area contributed by atoms with Crippen molar-refractivity contribution in [2.75, 3.05) is 19.7 Å². The third kappa shape index (κ3) is 5.35. The predicted molar refractivity (Wildman–Crippen MR) is 64.4 cm³/mol. The molecule has 0 aromatic rings. The number of carboxylic acids is 1. The van der Waals surface area contributed by atoms with E-state index in [1.165, 1.54) is 0 Å². The standard InChI is InChI=1S/C12H21NO5/c1-12(2,3)18-11(16)13-6-4-5-9(7-13)17-8-10(14)15/h9H,4-8H2,1-3H3,(H,14,15). The lowest BCUT2D eigenvalue weighted by molar-refractivity contribution is -0.145. The first-order valence-corrected chi connectivity index (χ1v) is 6.09. The fraction of sp³-hybridized carbons (Fsp3) is 0.833. The van der Waals surface area contributed by atoms with Crippen molar-refractivity contribution >= 4 is 12.1 Å². The summed E-state index contributed by atoms with van der Waals surface area (Å²) in [7, 11) is 0. The zero-order chi connectivity index (χ0) is 13.8. The van der Waals surface area contributed by atoms with Gasteiger partial charge in [-0.1, -0.05) is 0 Å². The summed E-state index contributed by atoms with van der Waals surface area (Å²) < 4.78 is 10.5. The van der Waals surface area contributed by atoms with E-state index in [2.05, 4.69) is 0 Å². The second kappa shape index (κ2) is 6.04. The molecule has 0 aromatic heterocycles. The number of carbonyl (C=O) groups excluding carboxylic acids is 1. The maximum absolute atomic E-state index is 11.8. The van der Waals surface area contributed by atoms with Crippen LogP contribution in [-0.4, -0.2) is 53.5 Å². The van der Waals surface area contributed by atoms with E-state index >= 15 is 0 Å². The molecular weight excluding hydrogens is 238 g/mol. The van der Waals surface area contributed by atoms with Crippen LogP contribution in [0.3, 0.4) is 0 Å². The molecule has 0 radical (unpaired) electrons. The molecule has 1 aliphatic heterocycles. The summed E-state index contributed by atoms with van der Waals surface area (Å²) in [5, 5.41) is 8.54. The third-order valence-electron chi connectivity index (χ3n) is 2.47. The van der Waals surface area contributed by atoms with E-state index in [9.17, 15) is 9.59 Å². The van der Waals surface area contributed by atoms with Crippen LogP contribution in [0, 0.1) is 0 Å². The fourth-order valence-corrected chi connectivity index (χ4v) is 1.76. The molecule has 1 heterocycles. The van der Waals surface area contributed by atoms with Gasteiger partial charge in [0.2, 0.25) is 0 Å².